The first kappa shape index (κ1) is 17.9. The Kier molecular flexibility index (Phi) is 5.49. The molecule has 2 aromatic carbocycles. The van der Waals surface area contributed by atoms with Gasteiger partial charge in [0, 0.05) is 25.1 Å². The minimum Gasteiger partial charge on any atom is -0.497 e. The number of carbonyl (C=O) groups excluding carboxylic acids is 1. The van der Waals surface area contributed by atoms with Gasteiger partial charge >= 0.3 is 0 Å². The molecule has 134 valence electrons. The number of nitrogens with zero attached hydrogens (tertiary/aromatic N) is 1. The first-order valence-corrected chi connectivity index (χ1v) is 8.43. The van der Waals surface area contributed by atoms with Crippen LogP contribution in [-0.4, -0.2) is 31.7 Å². The Balaban J connectivity index is 1.78. The number of rotatable bonds is 6. The van der Waals surface area contributed by atoms with Crippen LogP contribution < -0.4 is 10.1 Å². The maximum Gasteiger partial charge on any atom is 0.253 e. The summed E-state index contributed by atoms with van der Waals surface area (Å²) in [7, 11) is 3.26. The molecule has 0 aliphatic rings. The lowest BCUT2D eigenvalue weighted by Gasteiger charge is -2.17. The molecule has 0 aliphatic heterocycles. The van der Waals surface area contributed by atoms with E-state index in [1.165, 1.54) is 0 Å². The van der Waals surface area contributed by atoms with Gasteiger partial charge in [0.05, 0.1) is 30.0 Å². The summed E-state index contributed by atoms with van der Waals surface area (Å²) in [6.45, 7) is 2.22. The maximum atomic E-state index is 12.7. The second-order valence-corrected chi connectivity index (χ2v) is 6.03. The number of pyridine rings is 1. The molecule has 0 fully saturated rings. The monoisotopic (exact) mass is 350 g/mol. The van der Waals surface area contributed by atoms with Crippen molar-refractivity contribution < 1.29 is 14.3 Å². The number of hydrogen-bond acceptors (Lipinski definition) is 4. The Morgan fingerprint density at radius 3 is 2.58 bits per heavy atom. The molecular formula is C21H22N2O3. The molecule has 0 saturated heterocycles. The van der Waals surface area contributed by atoms with Gasteiger partial charge in [0.1, 0.15) is 5.75 Å². The summed E-state index contributed by atoms with van der Waals surface area (Å²) in [5, 5.41) is 3.84. The number of aromatic nitrogens is 1. The second-order valence-electron chi connectivity index (χ2n) is 6.03. The van der Waals surface area contributed by atoms with Crippen molar-refractivity contribution >= 4 is 16.8 Å². The van der Waals surface area contributed by atoms with Crippen LogP contribution in [0.25, 0.3) is 10.9 Å². The average molecular weight is 350 g/mol. The molecule has 26 heavy (non-hydrogen) atoms. The highest BCUT2D eigenvalue weighted by molar-refractivity contribution is 5.98. The van der Waals surface area contributed by atoms with E-state index in [1.807, 2.05) is 61.5 Å². The summed E-state index contributed by atoms with van der Waals surface area (Å²) in [6, 6.07) is 17.3. The van der Waals surface area contributed by atoms with Gasteiger partial charge in [-0.25, -0.2) is 0 Å². The van der Waals surface area contributed by atoms with Crippen LogP contribution in [0.15, 0.2) is 54.6 Å². The molecule has 1 unspecified atom stereocenters. The summed E-state index contributed by atoms with van der Waals surface area (Å²) in [5.74, 6) is 0.582. The smallest absolute Gasteiger partial charge is 0.253 e. The Bertz CT molecular complexity index is 910. The maximum absolute atomic E-state index is 12.7. The van der Waals surface area contributed by atoms with E-state index in [-0.39, 0.29) is 12.0 Å². The zero-order valence-corrected chi connectivity index (χ0v) is 15.2. The van der Waals surface area contributed by atoms with Gasteiger partial charge in [0.2, 0.25) is 0 Å². The Hall–Kier alpha value is -2.92. The summed E-state index contributed by atoms with van der Waals surface area (Å²) in [4.78, 5) is 17.2. The van der Waals surface area contributed by atoms with Gasteiger partial charge in [-0.1, -0.05) is 30.3 Å². The molecule has 0 saturated carbocycles. The fraction of sp³-hybridized carbons (Fsp3) is 0.238. The van der Waals surface area contributed by atoms with Crippen LogP contribution in [0.3, 0.4) is 0 Å². The van der Waals surface area contributed by atoms with Crippen LogP contribution in [0.2, 0.25) is 0 Å². The molecule has 5 heteroatoms. The van der Waals surface area contributed by atoms with Gasteiger partial charge in [-0.2, -0.15) is 0 Å². The topological polar surface area (TPSA) is 60.5 Å². The second kappa shape index (κ2) is 7.97. The Morgan fingerprint density at radius 2 is 1.88 bits per heavy atom. The van der Waals surface area contributed by atoms with Crippen LogP contribution in [0.4, 0.5) is 0 Å². The highest BCUT2D eigenvalue weighted by Crippen LogP contribution is 2.22. The van der Waals surface area contributed by atoms with Crippen molar-refractivity contribution in [2.24, 2.45) is 0 Å². The number of ether oxygens (including phenoxy) is 2. The normalized spacial score (nSPS) is 12.0. The van der Waals surface area contributed by atoms with Gasteiger partial charge in [0.25, 0.3) is 5.91 Å². The van der Waals surface area contributed by atoms with E-state index in [0.29, 0.717) is 17.8 Å². The van der Waals surface area contributed by atoms with Crippen LogP contribution in [0.5, 0.6) is 5.75 Å². The first-order chi connectivity index (χ1) is 12.6. The zero-order chi connectivity index (χ0) is 18.5. The number of amides is 1. The molecular weight excluding hydrogens is 328 g/mol. The van der Waals surface area contributed by atoms with E-state index in [0.717, 1.165) is 22.2 Å². The average Bonchev–Trinajstić information content (AvgIpc) is 2.68. The summed E-state index contributed by atoms with van der Waals surface area (Å²) >= 11 is 0. The van der Waals surface area contributed by atoms with E-state index >= 15 is 0 Å². The lowest BCUT2D eigenvalue weighted by molar-refractivity contribution is 0.0827. The van der Waals surface area contributed by atoms with Crippen molar-refractivity contribution in [2.75, 3.05) is 20.8 Å². The summed E-state index contributed by atoms with van der Waals surface area (Å²) < 4.78 is 10.7. The van der Waals surface area contributed by atoms with Crippen LogP contribution in [0.1, 0.15) is 27.7 Å². The fourth-order valence-corrected chi connectivity index (χ4v) is 2.89. The molecule has 3 rings (SSSR count). The highest BCUT2D eigenvalue weighted by Gasteiger charge is 2.15. The van der Waals surface area contributed by atoms with Crippen LogP contribution in [0, 0.1) is 6.92 Å². The molecule has 1 heterocycles. The quantitative estimate of drug-likeness (QED) is 0.737. The van der Waals surface area contributed by atoms with E-state index < -0.39 is 0 Å². The zero-order valence-electron chi connectivity index (χ0n) is 15.2. The molecule has 3 aromatic rings. The van der Waals surface area contributed by atoms with E-state index in [1.54, 1.807) is 14.2 Å². The third kappa shape index (κ3) is 3.83. The summed E-state index contributed by atoms with van der Waals surface area (Å²) in [5.41, 5.74) is 3.07. The van der Waals surface area contributed by atoms with Gasteiger partial charge < -0.3 is 14.8 Å². The largest absolute Gasteiger partial charge is 0.497 e. The minimum absolute atomic E-state index is 0.161. The fourth-order valence-electron chi connectivity index (χ4n) is 2.89. The van der Waals surface area contributed by atoms with Gasteiger partial charge in [0.15, 0.2) is 0 Å². The Morgan fingerprint density at radius 1 is 1.12 bits per heavy atom. The third-order valence-corrected chi connectivity index (χ3v) is 4.36. The molecule has 0 aliphatic carbocycles. The van der Waals surface area contributed by atoms with Crippen LogP contribution >= 0.6 is 0 Å². The lowest BCUT2D eigenvalue weighted by atomic mass is 10.1. The molecule has 1 aromatic heterocycles. The van der Waals surface area contributed by atoms with Gasteiger partial charge in [-0.3, -0.25) is 9.78 Å². The number of hydrogen-bond donors (Lipinski definition) is 1. The van der Waals surface area contributed by atoms with Crippen molar-refractivity contribution in [3.63, 3.8) is 0 Å². The first-order valence-electron chi connectivity index (χ1n) is 8.43. The minimum atomic E-state index is -0.196. The third-order valence-electron chi connectivity index (χ3n) is 4.36. The van der Waals surface area contributed by atoms with Crippen molar-refractivity contribution in [3.05, 3.63) is 71.4 Å². The highest BCUT2D eigenvalue weighted by atomic mass is 16.5. The van der Waals surface area contributed by atoms with Crippen molar-refractivity contribution in [1.29, 1.82) is 0 Å². The summed E-state index contributed by atoms with van der Waals surface area (Å²) in [6.07, 6.45) is -0.196. The van der Waals surface area contributed by atoms with Gasteiger partial charge in [-0.05, 0) is 30.7 Å². The number of methoxy groups -OCH3 is 2. The number of benzene rings is 2. The van der Waals surface area contributed by atoms with Crippen molar-refractivity contribution in [3.8, 4) is 5.75 Å². The lowest BCUT2D eigenvalue weighted by Crippen LogP contribution is -2.29. The molecule has 1 atom stereocenters. The predicted octanol–water partition coefficient (Wildman–Crippen LogP) is 3.67. The standard InChI is InChI=1S/C21H22N2O3/c1-14-18(11-16-9-10-17(25-2)12-19(16)23-14)21(24)22-13-20(26-3)15-7-5-4-6-8-15/h4-12,20H,13H2,1-3H3,(H,22,24). The number of carbonyl (C=O) groups is 1. The number of aryl methyl sites for hydroxylation is 1. The molecule has 0 radical (unpaired) electrons. The van der Waals surface area contributed by atoms with E-state index in [4.69, 9.17) is 9.47 Å². The molecule has 1 amide bonds. The van der Waals surface area contributed by atoms with Crippen molar-refractivity contribution in [2.45, 2.75) is 13.0 Å². The Labute approximate surface area is 153 Å². The van der Waals surface area contributed by atoms with Crippen LogP contribution in [-0.2, 0) is 4.74 Å². The van der Waals surface area contributed by atoms with Crippen molar-refractivity contribution in [1.82, 2.24) is 10.3 Å². The molecule has 0 spiro atoms. The molecule has 5 nitrogen and oxygen atoms in total. The van der Waals surface area contributed by atoms with E-state index in [2.05, 4.69) is 10.3 Å². The molecule has 1 N–H and O–H groups in total. The van der Waals surface area contributed by atoms with Gasteiger partial charge in [-0.15, -0.1) is 0 Å². The number of fused-ring (bicyclic) bond motifs is 1. The SMILES string of the molecule is COc1ccc2cc(C(=O)NCC(OC)c3ccccc3)c(C)nc2c1. The molecule has 0 bridgehead atoms. The van der Waals surface area contributed by atoms with E-state index in [9.17, 15) is 4.79 Å². The number of nitrogens with one attached hydrogen (secondary N) is 1. The predicted molar refractivity (Wildman–Crippen MR) is 102 cm³/mol.